The minimum absolute atomic E-state index is 0.0350. The predicted octanol–water partition coefficient (Wildman–Crippen LogP) is 4.25. The second-order valence-electron chi connectivity index (χ2n) is 7.92. The lowest BCUT2D eigenvalue weighted by atomic mass is 10.0. The molecule has 3 atom stereocenters. The Morgan fingerprint density at radius 3 is 2.74 bits per heavy atom. The smallest absolute Gasteiger partial charge is 0.174 e. The lowest BCUT2D eigenvalue weighted by molar-refractivity contribution is 0.0961. The first-order valence-corrected chi connectivity index (χ1v) is 11.1. The molecule has 0 saturated carbocycles. The molecule has 0 bridgehead atoms. The van der Waals surface area contributed by atoms with Crippen LogP contribution in [0.25, 0.3) is 0 Å². The number of methoxy groups -OCH3 is 1. The quantitative estimate of drug-likeness (QED) is 0.586. The van der Waals surface area contributed by atoms with Gasteiger partial charge in [-0.1, -0.05) is 6.07 Å². The Hall–Kier alpha value is -2.90. The van der Waals surface area contributed by atoms with Crippen molar-refractivity contribution in [1.82, 2.24) is 14.9 Å². The van der Waals surface area contributed by atoms with Gasteiger partial charge >= 0.3 is 0 Å². The Bertz CT molecular complexity index is 1030. The van der Waals surface area contributed by atoms with E-state index in [2.05, 4.69) is 44.2 Å². The van der Waals surface area contributed by atoms with Crippen LogP contribution in [0.1, 0.15) is 36.3 Å². The highest BCUT2D eigenvalue weighted by Crippen LogP contribution is 2.42. The molecule has 1 N–H and O–H groups in total. The number of pyridine rings is 1. The lowest BCUT2D eigenvalue weighted by Gasteiger charge is -2.29. The fourth-order valence-electron chi connectivity index (χ4n) is 4.55. The Labute approximate surface area is 187 Å². The summed E-state index contributed by atoms with van der Waals surface area (Å²) in [5.41, 5.74) is 3.18. The number of aromatic nitrogens is 2. The maximum absolute atomic E-state index is 5.91. The summed E-state index contributed by atoms with van der Waals surface area (Å²) in [6.45, 7) is 1.70. The van der Waals surface area contributed by atoms with Crippen molar-refractivity contribution in [2.75, 3.05) is 18.6 Å². The zero-order valence-corrected chi connectivity index (χ0v) is 18.3. The van der Waals surface area contributed by atoms with Crippen molar-refractivity contribution in [3.63, 3.8) is 0 Å². The van der Waals surface area contributed by atoms with Gasteiger partial charge in [0, 0.05) is 36.9 Å². The lowest BCUT2D eigenvalue weighted by Crippen LogP contribution is -2.31. The summed E-state index contributed by atoms with van der Waals surface area (Å²) in [5.74, 6) is 0.821. The van der Waals surface area contributed by atoms with Crippen LogP contribution in [0, 0.1) is 0 Å². The second kappa shape index (κ2) is 8.69. The molecule has 160 valence electrons. The van der Waals surface area contributed by atoms with Crippen LogP contribution in [-0.4, -0.2) is 34.5 Å². The summed E-state index contributed by atoms with van der Waals surface area (Å²) in [6.07, 6.45) is 6.46. The van der Waals surface area contributed by atoms with E-state index in [0.717, 1.165) is 43.1 Å². The number of thiocarbonyl (C=S) groups is 1. The molecule has 0 radical (unpaired) electrons. The molecule has 6 nitrogen and oxygen atoms in total. The van der Waals surface area contributed by atoms with Crippen LogP contribution >= 0.6 is 12.2 Å². The topological polar surface area (TPSA) is 51.5 Å². The number of nitrogens with zero attached hydrogens (tertiary/aromatic N) is 3. The Kier molecular flexibility index (Phi) is 5.61. The highest BCUT2D eigenvalue weighted by Gasteiger charge is 2.42. The molecule has 0 aliphatic carbocycles. The Morgan fingerprint density at radius 1 is 1.16 bits per heavy atom. The summed E-state index contributed by atoms with van der Waals surface area (Å²) in [6, 6.07) is 18.2. The molecule has 7 heteroatoms. The molecule has 2 aliphatic rings. The van der Waals surface area contributed by atoms with E-state index in [1.165, 1.54) is 5.69 Å². The van der Waals surface area contributed by atoms with Crippen LogP contribution in [0.3, 0.4) is 0 Å². The molecule has 0 spiro atoms. The summed E-state index contributed by atoms with van der Waals surface area (Å²) in [5, 5.41) is 4.22. The first kappa shape index (κ1) is 20.0. The second-order valence-corrected chi connectivity index (χ2v) is 8.30. The standard InChI is InChI=1S/C24H26N4O2S/c1-29-18-11-9-17(10-12-18)28-23(22(26-24(28)31)20-7-2-3-13-25-20)21-8-4-14-27(21)16-19-6-5-15-30-19/h2-4,7-14,19,22-23H,5-6,15-16H2,1H3,(H,26,31)/t19-,22-,23-/m0/s1. The average molecular weight is 435 g/mol. The van der Waals surface area contributed by atoms with Gasteiger partial charge in [0.05, 0.1) is 24.9 Å². The van der Waals surface area contributed by atoms with E-state index >= 15 is 0 Å². The molecule has 2 fully saturated rings. The maximum Gasteiger partial charge on any atom is 0.174 e. The first-order valence-electron chi connectivity index (χ1n) is 10.7. The highest BCUT2D eigenvalue weighted by atomic mass is 32.1. The van der Waals surface area contributed by atoms with Crippen molar-refractivity contribution in [3.8, 4) is 5.75 Å². The van der Waals surface area contributed by atoms with Crippen LogP contribution in [0.2, 0.25) is 0 Å². The number of ether oxygens (including phenoxy) is 2. The van der Waals surface area contributed by atoms with Gasteiger partial charge in [-0.25, -0.2) is 0 Å². The largest absolute Gasteiger partial charge is 0.497 e. The van der Waals surface area contributed by atoms with Gasteiger partial charge < -0.3 is 24.3 Å². The minimum atomic E-state index is -0.0612. The van der Waals surface area contributed by atoms with Gasteiger partial charge in [0.2, 0.25) is 0 Å². The molecule has 0 unspecified atom stereocenters. The normalized spacial score (nSPS) is 23.2. The monoisotopic (exact) mass is 434 g/mol. The number of hydrogen-bond donors (Lipinski definition) is 1. The molecular formula is C24H26N4O2S. The molecule has 0 amide bonds. The first-order chi connectivity index (χ1) is 15.2. The number of hydrogen-bond acceptors (Lipinski definition) is 4. The highest BCUT2D eigenvalue weighted by molar-refractivity contribution is 7.80. The van der Waals surface area contributed by atoms with Crippen molar-refractivity contribution in [1.29, 1.82) is 0 Å². The zero-order chi connectivity index (χ0) is 21.2. The Morgan fingerprint density at radius 2 is 2.03 bits per heavy atom. The van der Waals surface area contributed by atoms with Gasteiger partial charge in [0.15, 0.2) is 5.11 Å². The minimum Gasteiger partial charge on any atom is -0.497 e. The van der Waals surface area contributed by atoms with Crippen LogP contribution in [-0.2, 0) is 11.3 Å². The molecule has 1 aromatic carbocycles. The van der Waals surface area contributed by atoms with Gasteiger partial charge in [-0.05, 0) is 73.6 Å². The van der Waals surface area contributed by atoms with Crippen molar-refractivity contribution in [2.24, 2.45) is 0 Å². The molecule has 5 rings (SSSR count). The van der Waals surface area contributed by atoms with Crippen molar-refractivity contribution in [2.45, 2.75) is 37.6 Å². The van der Waals surface area contributed by atoms with E-state index in [4.69, 9.17) is 21.7 Å². The van der Waals surface area contributed by atoms with E-state index in [1.807, 2.05) is 42.6 Å². The summed E-state index contributed by atoms with van der Waals surface area (Å²) < 4.78 is 13.6. The zero-order valence-electron chi connectivity index (χ0n) is 17.5. The fraction of sp³-hybridized carbons (Fsp3) is 0.333. The van der Waals surface area contributed by atoms with Gasteiger partial charge in [0.25, 0.3) is 0 Å². The Balaban J connectivity index is 1.56. The fourth-order valence-corrected chi connectivity index (χ4v) is 4.89. The molecule has 31 heavy (non-hydrogen) atoms. The molecule has 3 aromatic rings. The third-order valence-electron chi connectivity index (χ3n) is 6.04. The van der Waals surface area contributed by atoms with Crippen LogP contribution in [0.15, 0.2) is 67.0 Å². The van der Waals surface area contributed by atoms with Gasteiger partial charge in [0.1, 0.15) is 11.8 Å². The molecule has 2 aliphatic heterocycles. The van der Waals surface area contributed by atoms with E-state index < -0.39 is 0 Å². The van der Waals surface area contributed by atoms with Crippen LogP contribution in [0.5, 0.6) is 5.75 Å². The third-order valence-corrected chi connectivity index (χ3v) is 6.36. The van der Waals surface area contributed by atoms with E-state index in [1.54, 1.807) is 7.11 Å². The third kappa shape index (κ3) is 3.91. The number of rotatable bonds is 6. The number of anilines is 1. The van der Waals surface area contributed by atoms with Gasteiger partial charge in [-0.2, -0.15) is 0 Å². The van der Waals surface area contributed by atoms with Crippen LogP contribution < -0.4 is 15.0 Å². The number of nitrogens with one attached hydrogen (secondary N) is 1. The molecular weight excluding hydrogens is 408 g/mol. The molecule has 2 aromatic heterocycles. The number of benzene rings is 1. The summed E-state index contributed by atoms with van der Waals surface area (Å²) >= 11 is 5.82. The molecule has 4 heterocycles. The SMILES string of the molecule is COc1ccc(N2C(=S)N[C@@H](c3ccccn3)[C@@H]2c2cccn2C[C@@H]2CCCO2)cc1. The van der Waals surface area contributed by atoms with E-state index in [9.17, 15) is 0 Å². The summed E-state index contributed by atoms with van der Waals surface area (Å²) in [4.78, 5) is 6.83. The molecule has 2 saturated heterocycles. The van der Waals surface area contributed by atoms with Crippen molar-refractivity contribution in [3.05, 3.63) is 78.4 Å². The van der Waals surface area contributed by atoms with Gasteiger partial charge in [-0.3, -0.25) is 4.98 Å². The van der Waals surface area contributed by atoms with E-state index in [-0.39, 0.29) is 18.2 Å². The van der Waals surface area contributed by atoms with Gasteiger partial charge in [-0.15, -0.1) is 0 Å². The average Bonchev–Trinajstić information content (AvgIpc) is 3.55. The van der Waals surface area contributed by atoms with Crippen molar-refractivity contribution >= 4 is 23.0 Å². The van der Waals surface area contributed by atoms with Crippen LogP contribution in [0.4, 0.5) is 5.69 Å². The van der Waals surface area contributed by atoms with Crippen molar-refractivity contribution < 1.29 is 9.47 Å². The maximum atomic E-state index is 5.91. The predicted molar refractivity (Wildman–Crippen MR) is 124 cm³/mol. The van der Waals surface area contributed by atoms with E-state index in [0.29, 0.717) is 5.11 Å². The summed E-state index contributed by atoms with van der Waals surface area (Å²) in [7, 11) is 1.68.